The van der Waals surface area contributed by atoms with Gasteiger partial charge in [0.25, 0.3) is 0 Å². The Morgan fingerprint density at radius 1 is 1.38 bits per heavy atom. The van der Waals surface area contributed by atoms with Crippen molar-refractivity contribution in [3.05, 3.63) is 29.8 Å². The molecule has 0 amide bonds. The average molecular weight is 229 g/mol. The van der Waals surface area contributed by atoms with Crippen LogP contribution in [0.5, 0.6) is 5.75 Å². The van der Waals surface area contributed by atoms with Crippen LogP contribution in [-0.2, 0) is 0 Å². The second-order valence-corrected chi connectivity index (χ2v) is 3.70. The Bertz CT molecular complexity index is 318. The van der Waals surface area contributed by atoms with Crippen LogP contribution in [0.15, 0.2) is 24.3 Å². The molecule has 16 heavy (non-hydrogen) atoms. The number of hydrogen-bond donors (Lipinski definition) is 1. The first-order valence-corrected chi connectivity index (χ1v) is 5.43. The summed E-state index contributed by atoms with van der Waals surface area (Å²) >= 11 is 0. The minimum Gasteiger partial charge on any atom is -0.435 e. The van der Waals surface area contributed by atoms with Gasteiger partial charge in [0.1, 0.15) is 5.75 Å². The highest BCUT2D eigenvalue weighted by atomic mass is 19.3. The standard InChI is InChI=1S/C12H17F2NO/c1-2-3-7-11(15)9-5-4-6-10(8-9)16-12(13)14/h4-6,8,11-12H,2-3,7,15H2,1H3/t11-/m0/s1. The molecule has 0 aromatic heterocycles. The molecule has 0 bridgehead atoms. The Labute approximate surface area is 94.4 Å². The predicted octanol–water partition coefficient (Wildman–Crippen LogP) is 3.48. The summed E-state index contributed by atoms with van der Waals surface area (Å²) < 4.78 is 28.3. The maximum atomic E-state index is 12.0. The summed E-state index contributed by atoms with van der Waals surface area (Å²) in [6, 6.07) is 6.48. The number of rotatable bonds is 6. The van der Waals surface area contributed by atoms with Crippen molar-refractivity contribution in [3.8, 4) is 5.75 Å². The highest BCUT2D eigenvalue weighted by molar-refractivity contribution is 5.30. The summed E-state index contributed by atoms with van der Waals surface area (Å²) in [7, 11) is 0. The molecule has 2 N–H and O–H groups in total. The van der Waals surface area contributed by atoms with E-state index in [2.05, 4.69) is 11.7 Å². The Hall–Kier alpha value is -1.16. The van der Waals surface area contributed by atoms with Gasteiger partial charge >= 0.3 is 6.61 Å². The van der Waals surface area contributed by atoms with E-state index < -0.39 is 6.61 Å². The monoisotopic (exact) mass is 229 g/mol. The average Bonchev–Trinajstić information content (AvgIpc) is 2.25. The third-order valence-electron chi connectivity index (χ3n) is 2.38. The summed E-state index contributed by atoms with van der Waals surface area (Å²) in [6.07, 6.45) is 2.96. The molecule has 1 aromatic carbocycles. The van der Waals surface area contributed by atoms with E-state index in [0.29, 0.717) is 0 Å². The fraction of sp³-hybridized carbons (Fsp3) is 0.500. The molecule has 0 aliphatic rings. The molecule has 2 nitrogen and oxygen atoms in total. The van der Waals surface area contributed by atoms with Gasteiger partial charge in [0.2, 0.25) is 0 Å². The normalized spacial score (nSPS) is 12.8. The largest absolute Gasteiger partial charge is 0.435 e. The molecular formula is C12H17F2NO. The van der Waals surface area contributed by atoms with Crippen LogP contribution >= 0.6 is 0 Å². The van der Waals surface area contributed by atoms with E-state index in [9.17, 15) is 8.78 Å². The van der Waals surface area contributed by atoms with Gasteiger partial charge < -0.3 is 10.5 Å². The van der Waals surface area contributed by atoms with Crippen LogP contribution in [0.4, 0.5) is 8.78 Å². The van der Waals surface area contributed by atoms with Gasteiger partial charge in [-0.25, -0.2) is 0 Å². The van der Waals surface area contributed by atoms with Crippen molar-refractivity contribution in [1.82, 2.24) is 0 Å². The number of nitrogens with two attached hydrogens (primary N) is 1. The first kappa shape index (κ1) is 12.9. The molecule has 1 aromatic rings. The zero-order valence-electron chi connectivity index (χ0n) is 9.33. The molecule has 4 heteroatoms. The third-order valence-corrected chi connectivity index (χ3v) is 2.38. The van der Waals surface area contributed by atoms with Crippen molar-refractivity contribution in [2.24, 2.45) is 5.73 Å². The van der Waals surface area contributed by atoms with Crippen molar-refractivity contribution in [3.63, 3.8) is 0 Å². The lowest BCUT2D eigenvalue weighted by Gasteiger charge is -2.13. The molecule has 0 aliphatic carbocycles. The van der Waals surface area contributed by atoms with Gasteiger partial charge in [-0.1, -0.05) is 31.9 Å². The van der Waals surface area contributed by atoms with Crippen LogP contribution < -0.4 is 10.5 Å². The van der Waals surface area contributed by atoms with Gasteiger partial charge in [0.05, 0.1) is 0 Å². The molecule has 0 saturated carbocycles. The Morgan fingerprint density at radius 2 is 2.12 bits per heavy atom. The molecular weight excluding hydrogens is 212 g/mol. The van der Waals surface area contributed by atoms with E-state index in [1.54, 1.807) is 12.1 Å². The second-order valence-electron chi connectivity index (χ2n) is 3.70. The summed E-state index contributed by atoms with van der Waals surface area (Å²) in [5.74, 6) is 0.166. The van der Waals surface area contributed by atoms with Gasteiger partial charge in [0.15, 0.2) is 0 Å². The number of halogens is 2. The van der Waals surface area contributed by atoms with Crippen LogP contribution in [0.2, 0.25) is 0 Å². The Morgan fingerprint density at radius 3 is 2.75 bits per heavy atom. The van der Waals surface area contributed by atoms with Crippen molar-refractivity contribution >= 4 is 0 Å². The molecule has 0 spiro atoms. The van der Waals surface area contributed by atoms with Gasteiger partial charge in [-0.2, -0.15) is 8.78 Å². The van der Waals surface area contributed by atoms with Gasteiger partial charge in [-0.05, 0) is 24.1 Å². The van der Waals surface area contributed by atoms with E-state index >= 15 is 0 Å². The van der Waals surface area contributed by atoms with Crippen molar-refractivity contribution in [2.45, 2.75) is 38.8 Å². The number of benzene rings is 1. The fourth-order valence-corrected chi connectivity index (χ4v) is 1.51. The Kier molecular flexibility index (Phi) is 5.19. The van der Waals surface area contributed by atoms with E-state index in [1.165, 1.54) is 6.07 Å². The van der Waals surface area contributed by atoms with E-state index in [0.717, 1.165) is 24.8 Å². The molecule has 0 heterocycles. The first-order valence-electron chi connectivity index (χ1n) is 5.43. The zero-order valence-corrected chi connectivity index (χ0v) is 9.33. The second kappa shape index (κ2) is 6.43. The first-order chi connectivity index (χ1) is 7.63. The van der Waals surface area contributed by atoms with Crippen molar-refractivity contribution in [1.29, 1.82) is 0 Å². The number of unbranched alkanes of at least 4 members (excludes halogenated alkanes) is 1. The van der Waals surface area contributed by atoms with E-state index in [1.807, 2.05) is 6.07 Å². The quantitative estimate of drug-likeness (QED) is 0.810. The maximum absolute atomic E-state index is 12.0. The van der Waals surface area contributed by atoms with Crippen molar-refractivity contribution in [2.75, 3.05) is 0 Å². The van der Waals surface area contributed by atoms with Crippen molar-refractivity contribution < 1.29 is 13.5 Å². The minimum atomic E-state index is -2.79. The summed E-state index contributed by atoms with van der Waals surface area (Å²) in [5.41, 5.74) is 6.78. The van der Waals surface area contributed by atoms with Gasteiger partial charge in [0, 0.05) is 6.04 Å². The molecule has 0 saturated heterocycles. The van der Waals surface area contributed by atoms with Crippen LogP contribution in [-0.4, -0.2) is 6.61 Å². The summed E-state index contributed by atoms with van der Waals surface area (Å²) in [4.78, 5) is 0. The highest BCUT2D eigenvalue weighted by Crippen LogP contribution is 2.22. The molecule has 0 aliphatic heterocycles. The topological polar surface area (TPSA) is 35.2 Å². The summed E-state index contributed by atoms with van der Waals surface area (Å²) in [5, 5.41) is 0. The SMILES string of the molecule is CCCC[C@H](N)c1cccc(OC(F)F)c1. The Balaban J connectivity index is 2.65. The van der Waals surface area contributed by atoms with Crippen LogP contribution in [0, 0.1) is 0 Å². The van der Waals surface area contributed by atoms with E-state index in [4.69, 9.17) is 5.73 Å². The number of hydrogen-bond acceptors (Lipinski definition) is 2. The molecule has 0 unspecified atom stereocenters. The lowest BCUT2D eigenvalue weighted by Crippen LogP contribution is -2.10. The zero-order chi connectivity index (χ0) is 12.0. The molecule has 0 fully saturated rings. The molecule has 1 atom stereocenters. The predicted molar refractivity (Wildman–Crippen MR) is 59.5 cm³/mol. The molecule has 1 rings (SSSR count). The molecule has 90 valence electrons. The third kappa shape index (κ3) is 4.14. The van der Waals surface area contributed by atoms with Crippen LogP contribution in [0.25, 0.3) is 0 Å². The van der Waals surface area contributed by atoms with Crippen LogP contribution in [0.3, 0.4) is 0 Å². The number of alkyl halides is 2. The lowest BCUT2D eigenvalue weighted by molar-refractivity contribution is -0.0499. The number of ether oxygens (including phenoxy) is 1. The molecule has 0 radical (unpaired) electrons. The maximum Gasteiger partial charge on any atom is 0.387 e. The fourth-order valence-electron chi connectivity index (χ4n) is 1.51. The van der Waals surface area contributed by atoms with E-state index in [-0.39, 0.29) is 11.8 Å². The highest BCUT2D eigenvalue weighted by Gasteiger charge is 2.08. The van der Waals surface area contributed by atoms with Crippen LogP contribution in [0.1, 0.15) is 37.8 Å². The minimum absolute atomic E-state index is 0.110. The van der Waals surface area contributed by atoms with Gasteiger partial charge in [-0.3, -0.25) is 0 Å². The van der Waals surface area contributed by atoms with Gasteiger partial charge in [-0.15, -0.1) is 0 Å². The lowest BCUT2D eigenvalue weighted by atomic mass is 10.0. The smallest absolute Gasteiger partial charge is 0.387 e. The summed E-state index contributed by atoms with van der Waals surface area (Å²) in [6.45, 7) is -0.703.